The number of rotatable bonds is 4. The molecular weight excluding hydrogens is 591 g/mol. The number of aromatic nitrogens is 2. The van der Waals surface area contributed by atoms with Gasteiger partial charge in [0.2, 0.25) is 0 Å². The van der Waals surface area contributed by atoms with Crippen LogP contribution in [0.4, 0.5) is 0 Å². The van der Waals surface area contributed by atoms with Crippen molar-refractivity contribution in [1.29, 1.82) is 0 Å². The van der Waals surface area contributed by atoms with E-state index < -0.39 is 14.4 Å². The van der Waals surface area contributed by atoms with Crippen molar-refractivity contribution < 1.29 is 9.53 Å². The Kier molecular flexibility index (Phi) is 9.86. The third-order valence-electron chi connectivity index (χ3n) is 4.19. The van der Waals surface area contributed by atoms with E-state index in [0.717, 1.165) is 12.6 Å². The van der Waals surface area contributed by atoms with Gasteiger partial charge in [0.1, 0.15) is 9.80 Å². The van der Waals surface area contributed by atoms with Crippen LogP contribution in [-0.2, 0) is 4.43 Å². The number of hydrogen-bond acceptors (Lipinski definition) is 4. The molecule has 1 atom stereocenters. The first kappa shape index (κ1) is 24.2. The fraction of sp³-hybridized carbons (Fsp3) is 0.444. The van der Waals surface area contributed by atoms with Gasteiger partial charge in [-0.25, -0.2) is 4.98 Å². The third kappa shape index (κ3) is 8.43. The summed E-state index contributed by atoms with van der Waals surface area (Å²) in [7, 11) is -1.81. The van der Waals surface area contributed by atoms with E-state index in [0.29, 0.717) is 12.3 Å². The number of halogens is 3. The van der Waals surface area contributed by atoms with E-state index in [1.54, 1.807) is 12.4 Å². The zero-order chi connectivity index (χ0) is 20.0. The molecular formula is C18H25Br2IN2O2Si. The number of hydrogen-bond donors (Lipinski definition) is 1. The maximum absolute atomic E-state index is 10.1. The Labute approximate surface area is 187 Å². The van der Waals surface area contributed by atoms with Crippen molar-refractivity contribution >= 4 is 62.8 Å². The molecule has 1 N–H and O–H groups in total. The maximum atomic E-state index is 10.1. The number of aliphatic hydroxyl groups is 1. The smallest absolute Gasteiger partial charge is 0.192 e. The van der Waals surface area contributed by atoms with Gasteiger partial charge in [0, 0.05) is 21.3 Å². The minimum Gasteiger partial charge on any atom is -0.414 e. The second-order valence-corrected chi connectivity index (χ2v) is 15.0. The van der Waals surface area contributed by atoms with Crippen molar-refractivity contribution in [2.45, 2.75) is 45.0 Å². The molecule has 0 amide bonds. The van der Waals surface area contributed by atoms with Gasteiger partial charge in [0.15, 0.2) is 8.32 Å². The highest BCUT2D eigenvalue weighted by molar-refractivity contribution is 14.1. The first-order chi connectivity index (χ1) is 11.9. The summed E-state index contributed by atoms with van der Waals surface area (Å²) in [5, 5.41) is 10.2. The molecule has 0 aliphatic rings. The molecule has 0 bridgehead atoms. The zero-order valence-corrected chi connectivity index (χ0v) is 22.0. The fourth-order valence-electron chi connectivity index (χ4n) is 1.53. The van der Waals surface area contributed by atoms with Crippen LogP contribution in [0.3, 0.4) is 0 Å². The van der Waals surface area contributed by atoms with E-state index >= 15 is 0 Å². The number of aliphatic hydroxyl groups excluding tert-OH is 1. The SMILES string of the molecule is Brc1ccc(I)nc1.CC(C)(C)[Si](C)(C)OCC(O)c1ccc(Br)cn1. The minimum atomic E-state index is -1.81. The molecule has 0 saturated heterocycles. The van der Waals surface area contributed by atoms with Crippen molar-refractivity contribution in [3.63, 3.8) is 0 Å². The van der Waals surface area contributed by atoms with Gasteiger partial charge in [0.05, 0.1) is 12.3 Å². The van der Waals surface area contributed by atoms with Crippen molar-refractivity contribution in [2.24, 2.45) is 0 Å². The summed E-state index contributed by atoms with van der Waals surface area (Å²) in [6, 6.07) is 7.60. The van der Waals surface area contributed by atoms with Crippen molar-refractivity contribution in [2.75, 3.05) is 6.61 Å². The molecule has 2 aromatic heterocycles. The zero-order valence-electron chi connectivity index (χ0n) is 15.6. The van der Waals surface area contributed by atoms with Crippen LogP contribution in [0.5, 0.6) is 0 Å². The number of pyridine rings is 2. The molecule has 0 radical (unpaired) electrons. The van der Waals surface area contributed by atoms with Crippen LogP contribution < -0.4 is 0 Å². The quantitative estimate of drug-likeness (QED) is 0.248. The molecule has 4 nitrogen and oxygen atoms in total. The molecule has 2 aromatic rings. The van der Waals surface area contributed by atoms with E-state index in [1.165, 1.54) is 0 Å². The van der Waals surface area contributed by atoms with Crippen LogP contribution in [0.2, 0.25) is 18.1 Å². The molecule has 0 spiro atoms. The lowest BCUT2D eigenvalue weighted by atomic mass is 10.2. The predicted molar refractivity (Wildman–Crippen MR) is 125 cm³/mol. The average molecular weight is 616 g/mol. The standard InChI is InChI=1S/C13H22BrNO2Si.C5H3BrIN/c1-13(2,3)18(4,5)17-9-12(16)11-7-6-10(14)8-15-11;6-4-1-2-5(7)8-3-4/h6-8,12,16H,9H2,1-5H3;1-3H. The lowest BCUT2D eigenvalue weighted by Crippen LogP contribution is -2.41. The number of nitrogens with zero attached hydrogens (tertiary/aromatic N) is 2. The van der Waals surface area contributed by atoms with Gasteiger partial charge in [-0.3, -0.25) is 4.98 Å². The van der Waals surface area contributed by atoms with Crippen molar-refractivity contribution in [3.8, 4) is 0 Å². The highest BCUT2D eigenvalue weighted by Crippen LogP contribution is 2.37. The third-order valence-corrected chi connectivity index (χ3v) is 10.3. The fourth-order valence-corrected chi connectivity index (χ4v) is 3.33. The molecule has 2 rings (SSSR count). The average Bonchev–Trinajstić information content (AvgIpc) is 2.56. The highest BCUT2D eigenvalue weighted by atomic mass is 127. The summed E-state index contributed by atoms with van der Waals surface area (Å²) < 4.78 is 8.93. The summed E-state index contributed by atoms with van der Waals surface area (Å²) in [5.74, 6) is 0. The van der Waals surface area contributed by atoms with Gasteiger partial charge in [-0.2, -0.15) is 0 Å². The van der Waals surface area contributed by atoms with Crippen molar-refractivity contribution in [1.82, 2.24) is 9.97 Å². The lowest BCUT2D eigenvalue weighted by Gasteiger charge is -2.36. The first-order valence-corrected chi connectivity index (χ1v) is 13.7. The van der Waals surface area contributed by atoms with Crippen LogP contribution in [-0.4, -0.2) is 30.0 Å². The Morgan fingerprint density at radius 1 is 1.08 bits per heavy atom. The summed E-state index contributed by atoms with van der Waals surface area (Å²) in [6.07, 6.45) is 2.80. The predicted octanol–water partition coefficient (Wildman–Crippen LogP) is 6.35. The summed E-state index contributed by atoms with van der Waals surface area (Å²) in [5.41, 5.74) is 0.650. The van der Waals surface area contributed by atoms with E-state index in [2.05, 4.69) is 98.3 Å². The van der Waals surface area contributed by atoms with Crippen molar-refractivity contribution in [3.05, 3.63) is 55.0 Å². The van der Waals surface area contributed by atoms with Crippen LogP contribution in [0.15, 0.2) is 45.6 Å². The van der Waals surface area contributed by atoms with E-state index in [4.69, 9.17) is 4.43 Å². The van der Waals surface area contributed by atoms with Crippen LogP contribution in [0, 0.1) is 3.70 Å². The van der Waals surface area contributed by atoms with Gasteiger partial charge in [-0.15, -0.1) is 0 Å². The van der Waals surface area contributed by atoms with E-state index in [1.807, 2.05) is 24.3 Å². The first-order valence-electron chi connectivity index (χ1n) is 8.13. The van der Waals surface area contributed by atoms with Gasteiger partial charge < -0.3 is 9.53 Å². The Hall–Kier alpha value is 0.127. The summed E-state index contributed by atoms with van der Waals surface area (Å²) >= 11 is 8.77. The largest absolute Gasteiger partial charge is 0.414 e. The van der Waals surface area contributed by atoms with E-state index in [-0.39, 0.29) is 5.04 Å². The Balaban J connectivity index is 0.000000350. The van der Waals surface area contributed by atoms with Crippen LogP contribution in [0.25, 0.3) is 0 Å². The summed E-state index contributed by atoms with van der Waals surface area (Å²) in [6.45, 7) is 11.2. The molecule has 26 heavy (non-hydrogen) atoms. The van der Waals surface area contributed by atoms with Gasteiger partial charge >= 0.3 is 0 Å². The normalized spacial score (nSPS) is 13.0. The molecule has 0 aliphatic carbocycles. The van der Waals surface area contributed by atoms with Crippen LogP contribution in [0.1, 0.15) is 32.6 Å². The van der Waals surface area contributed by atoms with E-state index in [9.17, 15) is 5.11 Å². The molecule has 0 aliphatic heterocycles. The second-order valence-electron chi connectivity index (χ2n) is 7.29. The lowest BCUT2D eigenvalue weighted by molar-refractivity contribution is 0.0969. The Bertz CT molecular complexity index is 656. The maximum Gasteiger partial charge on any atom is 0.192 e. The molecule has 2 heterocycles. The van der Waals surface area contributed by atoms with Gasteiger partial charge in [-0.1, -0.05) is 20.8 Å². The van der Waals surface area contributed by atoms with Crippen LogP contribution >= 0.6 is 54.5 Å². The molecule has 8 heteroatoms. The monoisotopic (exact) mass is 614 g/mol. The van der Waals surface area contributed by atoms with Gasteiger partial charge in [0.25, 0.3) is 0 Å². The summed E-state index contributed by atoms with van der Waals surface area (Å²) in [4.78, 5) is 8.20. The molecule has 0 aromatic carbocycles. The minimum absolute atomic E-state index is 0.153. The Morgan fingerprint density at radius 2 is 1.62 bits per heavy atom. The second kappa shape index (κ2) is 10.6. The molecule has 0 fully saturated rings. The van der Waals surface area contributed by atoms with Gasteiger partial charge in [-0.05, 0) is 96.8 Å². The topological polar surface area (TPSA) is 55.2 Å². The molecule has 144 valence electrons. The molecule has 1 unspecified atom stereocenters. The highest BCUT2D eigenvalue weighted by Gasteiger charge is 2.37. The molecule has 0 saturated carbocycles. The Morgan fingerprint density at radius 3 is 2.00 bits per heavy atom.